The highest BCUT2D eigenvalue weighted by Gasteiger charge is 2.10. The molecule has 1 rings (SSSR count). The molecular weight excluding hydrogens is 256 g/mol. The highest BCUT2D eigenvalue weighted by Crippen LogP contribution is 2.19. The fourth-order valence-electron chi connectivity index (χ4n) is 1.60. The van der Waals surface area contributed by atoms with Crippen LogP contribution in [0.25, 0.3) is 0 Å². The van der Waals surface area contributed by atoms with E-state index in [-0.39, 0.29) is 18.7 Å². The quantitative estimate of drug-likeness (QED) is 0.668. The van der Waals surface area contributed by atoms with Gasteiger partial charge in [0.15, 0.2) is 0 Å². The average Bonchev–Trinajstić information content (AvgIpc) is 2.42. The third kappa shape index (κ3) is 5.75. The number of rotatable bonds is 7. The van der Waals surface area contributed by atoms with E-state index in [1.54, 1.807) is 18.2 Å². The van der Waals surface area contributed by atoms with Gasteiger partial charge in [-0.1, -0.05) is 18.2 Å². The number of aliphatic hydroxyl groups excluding tert-OH is 1. The van der Waals surface area contributed by atoms with Gasteiger partial charge in [-0.05, 0) is 31.5 Å². The monoisotopic (exact) mass is 278 g/mol. The van der Waals surface area contributed by atoms with Crippen molar-refractivity contribution in [1.29, 1.82) is 0 Å². The Hall–Kier alpha value is -2.01. The molecule has 0 bridgehead atoms. The summed E-state index contributed by atoms with van der Waals surface area (Å²) in [5.74, 6) is 0.702. The number of hydrogen-bond acceptors (Lipinski definition) is 3. The molecule has 2 amide bonds. The Balaban J connectivity index is 2.52. The minimum absolute atomic E-state index is 0.0743. The summed E-state index contributed by atoms with van der Waals surface area (Å²) in [4.78, 5) is 11.3. The summed E-state index contributed by atoms with van der Waals surface area (Å²) in [6, 6.07) is 6.88. The number of carbonyl (C=O) groups is 1. The lowest BCUT2D eigenvalue weighted by Gasteiger charge is -2.15. The molecule has 5 nitrogen and oxygen atoms in total. The third-order valence-corrected chi connectivity index (χ3v) is 2.48. The summed E-state index contributed by atoms with van der Waals surface area (Å²) < 4.78 is 5.56. The van der Waals surface area contributed by atoms with E-state index < -0.39 is 6.10 Å². The van der Waals surface area contributed by atoms with Crippen LogP contribution in [0.4, 0.5) is 4.79 Å². The maximum Gasteiger partial charge on any atom is 0.315 e. The fourth-order valence-corrected chi connectivity index (χ4v) is 1.60. The summed E-state index contributed by atoms with van der Waals surface area (Å²) in [5, 5.41) is 15.2. The van der Waals surface area contributed by atoms with E-state index in [9.17, 15) is 9.90 Å². The molecule has 5 heteroatoms. The second-order valence-electron chi connectivity index (χ2n) is 4.63. The van der Waals surface area contributed by atoms with Gasteiger partial charge in [-0.25, -0.2) is 4.79 Å². The number of carbonyl (C=O) groups excluding carboxylic acids is 1. The van der Waals surface area contributed by atoms with Crippen LogP contribution >= 0.6 is 0 Å². The van der Waals surface area contributed by atoms with Crippen LogP contribution in [0, 0.1) is 0 Å². The Labute approximate surface area is 119 Å². The zero-order valence-electron chi connectivity index (χ0n) is 11.9. The molecule has 0 radical (unpaired) electrons. The summed E-state index contributed by atoms with van der Waals surface area (Å²) in [5.41, 5.74) is 0.701. The number of nitrogens with one attached hydrogen (secondary N) is 2. The van der Waals surface area contributed by atoms with Crippen LogP contribution in [0.5, 0.6) is 5.75 Å². The number of urea groups is 1. The Morgan fingerprint density at radius 1 is 1.45 bits per heavy atom. The molecule has 0 heterocycles. The Bertz CT molecular complexity index is 446. The SMILES string of the molecule is C=CCNC(=O)NCC(O)c1cccc(OC(C)C)c1. The van der Waals surface area contributed by atoms with Crippen molar-refractivity contribution >= 4 is 6.03 Å². The van der Waals surface area contributed by atoms with Gasteiger partial charge in [0.2, 0.25) is 0 Å². The second kappa shape index (κ2) is 8.22. The van der Waals surface area contributed by atoms with Crippen molar-refractivity contribution in [3.05, 3.63) is 42.5 Å². The fraction of sp³-hybridized carbons (Fsp3) is 0.400. The molecule has 3 N–H and O–H groups in total. The first-order valence-corrected chi connectivity index (χ1v) is 6.60. The third-order valence-electron chi connectivity index (χ3n) is 2.48. The van der Waals surface area contributed by atoms with Crippen molar-refractivity contribution in [3.63, 3.8) is 0 Å². The predicted octanol–water partition coefficient (Wildman–Crippen LogP) is 1.99. The molecule has 0 aliphatic carbocycles. The Morgan fingerprint density at radius 3 is 2.85 bits per heavy atom. The van der Waals surface area contributed by atoms with Gasteiger partial charge in [0.1, 0.15) is 5.75 Å². The highest BCUT2D eigenvalue weighted by molar-refractivity contribution is 5.73. The van der Waals surface area contributed by atoms with Crippen molar-refractivity contribution in [2.24, 2.45) is 0 Å². The van der Waals surface area contributed by atoms with Crippen molar-refractivity contribution in [2.75, 3.05) is 13.1 Å². The summed E-state index contributed by atoms with van der Waals surface area (Å²) in [6.45, 7) is 7.90. The number of hydrogen-bond donors (Lipinski definition) is 3. The van der Waals surface area contributed by atoms with Gasteiger partial charge < -0.3 is 20.5 Å². The molecule has 0 spiro atoms. The van der Waals surface area contributed by atoms with E-state index in [0.29, 0.717) is 17.9 Å². The van der Waals surface area contributed by atoms with E-state index in [4.69, 9.17) is 4.74 Å². The first-order valence-electron chi connectivity index (χ1n) is 6.60. The van der Waals surface area contributed by atoms with Crippen LogP contribution in [0.1, 0.15) is 25.5 Å². The molecule has 0 fully saturated rings. The number of aliphatic hydroxyl groups is 1. The van der Waals surface area contributed by atoms with Crippen LogP contribution < -0.4 is 15.4 Å². The normalized spacial score (nSPS) is 11.8. The van der Waals surface area contributed by atoms with Crippen LogP contribution in [-0.4, -0.2) is 30.3 Å². The molecular formula is C15H22N2O3. The van der Waals surface area contributed by atoms with Crippen molar-refractivity contribution in [3.8, 4) is 5.75 Å². The minimum atomic E-state index is -0.778. The predicted molar refractivity (Wildman–Crippen MR) is 78.8 cm³/mol. The molecule has 1 unspecified atom stereocenters. The molecule has 0 aliphatic rings. The van der Waals surface area contributed by atoms with Gasteiger partial charge in [-0.15, -0.1) is 6.58 Å². The van der Waals surface area contributed by atoms with Crippen LogP contribution in [0.2, 0.25) is 0 Å². The van der Waals surface area contributed by atoms with Crippen LogP contribution in [0.15, 0.2) is 36.9 Å². The van der Waals surface area contributed by atoms with Crippen LogP contribution in [-0.2, 0) is 0 Å². The molecule has 0 saturated heterocycles. The molecule has 20 heavy (non-hydrogen) atoms. The standard InChI is InChI=1S/C15H22N2O3/c1-4-8-16-15(19)17-10-14(18)12-6-5-7-13(9-12)20-11(2)3/h4-7,9,11,14,18H,1,8,10H2,2-3H3,(H2,16,17,19). The maximum atomic E-state index is 11.3. The van der Waals surface area contributed by atoms with Gasteiger partial charge >= 0.3 is 6.03 Å². The van der Waals surface area contributed by atoms with Gasteiger partial charge in [-0.2, -0.15) is 0 Å². The minimum Gasteiger partial charge on any atom is -0.491 e. The summed E-state index contributed by atoms with van der Waals surface area (Å²) in [7, 11) is 0. The Kier molecular flexibility index (Phi) is 6.59. The van der Waals surface area contributed by atoms with Crippen molar-refractivity contribution in [1.82, 2.24) is 10.6 Å². The van der Waals surface area contributed by atoms with E-state index in [0.717, 1.165) is 0 Å². The summed E-state index contributed by atoms with van der Waals surface area (Å²) >= 11 is 0. The Morgan fingerprint density at radius 2 is 2.20 bits per heavy atom. The topological polar surface area (TPSA) is 70.6 Å². The first kappa shape index (κ1) is 16.0. The molecule has 110 valence electrons. The van der Waals surface area contributed by atoms with E-state index in [1.807, 2.05) is 26.0 Å². The van der Waals surface area contributed by atoms with E-state index in [2.05, 4.69) is 17.2 Å². The molecule has 1 atom stereocenters. The van der Waals surface area contributed by atoms with E-state index >= 15 is 0 Å². The largest absolute Gasteiger partial charge is 0.491 e. The number of ether oxygens (including phenoxy) is 1. The molecule has 1 aromatic rings. The van der Waals surface area contributed by atoms with Gasteiger partial charge in [0, 0.05) is 13.1 Å². The second-order valence-corrected chi connectivity index (χ2v) is 4.63. The summed E-state index contributed by atoms with van der Waals surface area (Å²) in [6.07, 6.45) is 0.883. The molecule has 0 aliphatic heterocycles. The first-order chi connectivity index (χ1) is 9.52. The zero-order chi connectivity index (χ0) is 15.0. The zero-order valence-corrected chi connectivity index (χ0v) is 11.9. The molecule has 0 aromatic heterocycles. The van der Waals surface area contributed by atoms with Crippen molar-refractivity contribution < 1.29 is 14.6 Å². The number of benzene rings is 1. The lowest BCUT2D eigenvalue weighted by atomic mass is 10.1. The smallest absolute Gasteiger partial charge is 0.315 e. The average molecular weight is 278 g/mol. The molecule has 1 aromatic carbocycles. The lowest BCUT2D eigenvalue weighted by molar-refractivity contribution is 0.172. The van der Waals surface area contributed by atoms with Gasteiger partial charge in [-0.3, -0.25) is 0 Å². The number of amides is 2. The van der Waals surface area contributed by atoms with Gasteiger partial charge in [0.05, 0.1) is 12.2 Å². The maximum absolute atomic E-state index is 11.3. The lowest BCUT2D eigenvalue weighted by Crippen LogP contribution is -2.37. The van der Waals surface area contributed by atoms with Crippen LogP contribution in [0.3, 0.4) is 0 Å². The molecule has 0 saturated carbocycles. The van der Waals surface area contributed by atoms with Crippen molar-refractivity contribution in [2.45, 2.75) is 26.1 Å². The van der Waals surface area contributed by atoms with Gasteiger partial charge in [0.25, 0.3) is 0 Å². The highest BCUT2D eigenvalue weighted by atomic mass is 16.5. The van der Waals surface area contributed by atoms with E-state index in [1.165, 1.54) is 0 Å².